The zero-order chi connectivity index (χ0) is 12.8. The van der Waals surface area contributed by atoms with E-state index in [9.17, 15) is 4.79 Å². The van der Waals surface area contributed by atoms with Crippen LogP contribution in [0, 0.1) is 6.92 Å². The molecule has 17 heavy (non-hydrogen) atoms. The molecule has 0 saturated heterocycles. The maximum Gasteiger partial charge on any atom is 0.261 e. The van der Waals surface area contributed by atoms with Crippen molar-refractivity contribution in [2.45, 2.75) is 52.5 Å². The van der Waals surface area contributed by atoms with Gasteiger partial charge in [-0.1, -0.05) is 26.2 Å². The highest BCUT2D eigenvalue weighted by atomic mass is 32.1. The summed E-state index contributed by atoms with van der Waals surface area (Å²) in [5, 5.41) is 3.01. The van der Waals surface area contributed by atoms with Crippen LogP contribution in [0.4, 0.5) is 5.69 Å². The number of unbranched alkanes of at least 4 members (excludes halogenated alkanes) is 2. The first-order chi connectivity index (χ1) is 8.04. The highest BCUT2D eigenvalue weighted by Gasteiger charge is 2.13. The molecule has 0 aliphatic carbocycles. The molecule has 4 heteroatoms. The third kappa shape index (κ3) is 4.38. The number of nitrogens with one attached hydrogen (secondary N) is 1. The van der Waals surface area contributed by atoms with E-state index in [2.05, 4.69) is 19.2 Å². The lowest BCUT2D eigenvalue weighted by molar-refractivity contribution is 0.0942. The molecule has 0 spiro atoms. The zero-order valence-electron chi connectivity index (χ0n) is 10.9. The Balaban J connectivity index is 2.43. The fourth-order valence-electron chi connectivity index (χ4n) is 1.68. The molecule has 1 aromatic heterocycles. The van der Waals surface area contributed by atoms with E-state index in [4.69, 9.17) is 5.73 Å². The molecule has 0 bridgehead atoms. The van der Waals surface area contributed by atoms with Gasteiger partial charge in [0.05, 0.1) is 4.88 Å². The summed E-state index contributed by atoms with van der Waals surface area (Å²) >= 11 is 1.46. The van der Waals surface area contributed by atoms with Gasteiger partial charge in [0.15, 0.2) is 0 Å². The van der Waals surface area contributed by atoms with Crippen LogP contribution in [-0.2, 0) is 0 Å². The Bertz CT molecular complexity index is 354. The van der Waals surface area contributed by atoms with Crippen molar-refractivity contribution in [3.05, 3.63) is 15.8 Å². The van der Waals surface area contributed by atoms with Crippen molar-refractivity contribution in [1.82, 2.24) is 5.32 Å². The number of anilines is 1. The minimum atomic E-state index is -0.00111. The van der Waals surface area contributed by atoms with Gasteiger partial charge in [0.2, 0.25) is 0 Å². The van der Waals surface area contributed by atoms with Crippen molar-refractivity contribution in [3.63, 3.8) is 0 Å². The predicted octanol–water partition coefficient (Wildman–Crippen LogP) is 3.34. The van der Waals surface area contributed by atoms with Crippen LogP contribution in [0.25, 0.3) is 0 Å². The van der Waals surface area contributed by atoms with Gasteiger partial charge in [-0.3, -0.25) is 4.79 Å². The maximum atomic E-state index is 11.9. The number of nitrogens with two attached hydrogens (primary N) is 1. The van der Waals surface area contributed by atoms with E-state index in [1.165, 1.54) is 30.6 Å². The molecule has 0 aliphatic heterocycles. The van der Waals surface area contributed by atoms with Crippen LogP contribution in [0.2, 0.25) is 0 Å². The number of hydrogen-bond acceptors (Lipinski definition) is 3. The van der Waals surface area contributed by atoms with Crippen LogP contribution >= 0.6 is 11.3 Å². The van der Waals surface area contributed by atoms with Gasteiger partial charge in [-0.05, 0) is 26.3 Å². The molecule has 0 aliphatic rings. The van der Waals surface area contributed by atoms with Gasteiger partial charge < -0.3 is 11.1 Å². The molecule has 3 nitrogen and oxygen atoms in total. The SMILES string of the molecule is CCCCCC(C)NC(=O)c1cc(N)c(C)s1. The van der Waals surface area contributed by atoms with E-state index in [0.717, 1.165) is 11.3 Å². The molecule has 1 aromatic rings. The monoisotopic (exact) mass is 254 g/mol. The van der Waals surface area contributed by atoms with Crippen molar-refractivity contribution in [2.24, 2.45) is 0 Å². The van der Waals surface area contributed by atoms with Crippen molar-refractivity contribution >= 4 is 22.9 Å². The fourth-order valence-corrected chi connectivity index (χ4v) is 2.52. The summed E-state index contributed by atoms with van der Waals surface area (Å²) in [5.41, 5.74) is 6.45. The molecule has 1 atom stereocenters. The van der Waals surface area contributed by atoms with E-state index in [-0.39, 0.29) is 11.9 Å². The number of rotatable bonds is 6. The van der Waals surface area contributed by atoms with Crippen LogP contribution < -0.4 is 11.1 Å². The third-order valence-electron chi connectivity index (χ3n) is 2.80. The van der Waals surface area contributed by atoms with Crippen molar-refractivity contribution in [3.8, 4) is 0 Å². The van der Waals surface area contributed by atoms with E-state index in [1.54, 1.807) is 6.07 Å². The molecular weight excluding hydrogens is 232 g/mol. The Hall–Kier alpha value is -1.03. The second-order valence-electron chi connectivity index (χ2n) is 4.49. The van der Waals surface area contributed by atoms with Gasteiger partial charge in [-0.2, -0.15) is 0 Å². The molecule has 3 N–H and O–H groups in total. The number of aryl methyl sites for hydroxylation is 1. The van der Waals surface area contributed by atoms with E-state index in [1.807, 2.05) is 6.92 Å². The summed E-state index contributed by atoms with van der Waals surface area (Å²) in [6, 6.07) is 1.99. The van der Waals surface area contributed by atoms with Gasteiger partial charge in [-0.15, -0.1) is 11.3 Å². The molecule has 0 aromatic carbocycles. The predicted molar refractivity (Wildman–Crippen MR) is 74.5 cm³/mol. The lowest BCUT2D eigenvalue weighted by Gasteiger charge is -2.12. The number of hydrogen-bond donors (Lipinski definition) is 2. The Labute approximate surface area is 107 Å². The molecule has 0 radical (unpaired) electrons. The molecule has 1 heterocycles. The van der Waals surface area contributed by atoms with Crippen molar-refractivity contribution in [1.29, 1.82) is 0 Å². The van der Waals surface area contributed by atoms with Gasteiger partial charge >= 0.3 is 0 Å². The molecule has 96 valence electrons. The maximum absolute atomic E-state index is 11.9. The Morgan fingerprint density at radius 2 is 2.24 bits per heavy atom. The largest absolute Gasteiger partial charge is 0.398 e. The normalized spacial score (nSPS) is 12.4. The van der Waals surface area contributed by atoms with Gasteiger partial charge in [-0.25, -0.2) is 0 Å². The highest BCUT2D eigenvalue weighted by molar-refractivity contribution is 7.14. The highest BCUT2D eigenvalue weighted by Crippen LogP contribution is 2.23. The number of nitrogen functional groups attached to an aromatic ring is 1. The lowest BCUT2D eigenvalue weighted by atomic mass is 10.1. The molecule has 0 fully saturated rings. The van der Waals surface area contributed by atoms with Crippen LogP contribution in [0.3, 0.4) is 0 Å². The quantitative estimate of drug-likeness (QED) is 0.765. The average Bonchev–Trinajstić information content (AvgIpc) is 2.60. The Morgan fingerprint density at radius 1 is 1.53 bits per heavy atom. The van der Waals surface area contributed by atoms with E-state index in [0.29, 0.717) is 10.6 Å². The van der Waals surface area contributed by atoms with Crippen molar-refractivity contribution < 1.29 is 4.79 Å². The number of thiophene rings is 1. The second-order valence-corrected chi connectivity index (χ2v) is 5.75. The topological polar surface area (TPSA) is 55.1 Å². The second kappa shape index (κ2) is 6.64. The first-order valence-corrected chi connectivity index (χ1v) is 7.03. The molecular formula is C13H22N2OS. The van der Waals surface area contributed by atoms with E-state index >= 15 is 0 Å². The summed E-state index contributed by atoms with van der Waals surface area (Å²) < 4.78 is 0. The third-order valence-corrected chi connectivity index (χ3v) is 3.86. The smallest absolute Gasteiger partial charge is 0.261 e. The Morgan fingerprint density at radius 3 is 2.76 bits per heavy atom. The first kappa shape index (κ1) is 14.0. The number of amides is 1. The zero-order valence-corrected chi connectivity index (χ0v) is 11.7. The number of carbonyl (C=O) groups excluding carboxylic acids is 1. The molecule has 1 amide bonds. The van der Waals surface area contributed by atoms with Gasteiger partial charge in [0, 0.05) is 16.6 Å². The van der Waals surface area contributed by atoms with Crippen LogP contribution in [0.1, 0.15) is 54.1 Å². The molecule has 1 rings (SSSR count). The molecule has 0 saturated carbocycles. The fraction of sp³-hybridized carbons (Fsp3) is 0.615. The van der Waals surface area contributed by atoms with Gasteiger partial charge in [0.1, 0.15) is 0 Å². The minimum absolute atomic E-state index is 0.00111. The van der Waals surface area contributed by atoms with Crippen LogP contribution in [0.5, 0.6) is 0 Å². The standard InChI is InChI=1S/C13H22N2OS/c1-4-5-6-7-9(2)15-13(16)12-8-11(14)10(3)17-12/h8-9H,4-7,14H2,1-3H3,(H,15,16). The minimum Gasteiger partial charge on any atom is -0.398 e. The molecule has 1 unspecified atom stereocenters. The summed E-state index contributed by atoms with van der Waals surface area (Å²) in [4.78, 5) is 13.6. The summed E-state index contributed by atoms with van der Waals surface area (Å²) in [6.07, 6.45) is 4.65. The first-order valence-electron chi connectivity index (χ1n) is 6.21. The number of carbonyl (C=O) groups is 1. The van der Waals surface area contributed by atoms with Crippen molar-refractivity contribution in [2.75, 3.05) is 5.73 Å². The summed E-state index contributed by atoms with van der Waals surface area (Å²) in [7, 11) is 0. The summed E-state index contributed by atoms with van der Waals surface area (Å²) in [6.45, 7) is 6.17. The van der Waals surface area contributed by atoms with Crippen LogP contribution in [0.15, 0.2) is 6.07 Å². The Kier molecular flexibility index (Phi) is 5.48. The summed E-state index contributed by atoms with van der Waals surface area (Å²) in [5.74, 6) is -0.00111. The average molecular weight is 254 g/mol. The van der Waals surface area contributed by atoms with Gasteiger partial charge in [0.25, 0.3) is 5.91 Å². The van der Waals surface area contributed by atoms with Crippen LogP contribution in [-0.4, -0.2) is 11.9 Å². The lowest BCUT2D eigenvalue weighted by Crippen LogP contribution is -2.31. The van der Waals surface area contributed by atoms with E-state index < -0.39 is 0 Å².